The Labute approximate surface area is 168 Å². The number of amides is 1. The van der Waals surface area contributed by atoms with E-state index in [1.807, 2.05) is 45.6 Å². The molecule has 0 unspecified atom stereocenters. The second-order valence-electron chi connectivity index (χ2n) is 9.25. The zero-order valence-corrected chi connectivity index (χ0v) is 17.8. The van der Waals surface area contributed by atoms with E-state index < -0.39 is 11.4 Å². The maximum Gasteiger partial charge on any atom is 0.410 e. The van der Waals surface area contributed by atoms with Gasteiger partial charge in [-0.15, -0.1) is 0 Å². The van der Waals surface area contributed by atoms with Crippen molar-refractivity contribution in [3.05, 3.63) is 35.9 Å². The van der Waals surface area contributed by atoms with Gasteiger partial charge >= 0.3 is 6.09 Å². The highest BCUT2D eigenvalue weighted by molar-refractivity contribution is 5.68. The SMILES string of the molecule is CC(C)(C)OC(=O)N(C[C@H]1COC(C)(C)O1)[C@H]1CCN(Cc2ccccc2)C1. The Morgan fingerprint density at radius 1 is 1.29 bits per heavy atom. The third kappa shape index (κ3) is 5.93. The number of ether oxygens (including phenoxy) is 3. The monoisotopic (exact) mass is 390 g/mol. The molecule has 6 heteroatoms. The summed E-state index contributed by atoms with van der Waals surface area (Å²) in [5.74, 6) is -0.598. The topological polar surface area (TPSA) is 51.2 Å². The average molecular weight is 391 g/mol. The second kappa shape index (κ2) is 8.39. The third-order valence-corrected chi connectivity index (χ3v) is 5.03. The van der Waals surface area contributed by atoms with Crippen LogP contribution in [0.2, 0.25) is 0 Å². The molecule has 2 atom stereocenters. The predicted molar refractivity (Wildman–Crippen MR) is 108 cm³/mol. The lowest BCUT2D eigenvalue weighted by molar-refractivity contribution is -0.140. The molecule has 2 aliphatic rings. The molecule has 3 rings (SSSR count). The molecule has 0 aromatic heterocycles. The molecule has 0 N–H and O–H groups in total. The largest absolute Gasteiger partial charge is 0.444 e. The van der Waals surface area contributed by atoms with E-state index in [0.717, 1.165) is 26.1 Å². The summed E-state index contributed by atoms with van der Waals surface area (Å²) in [5, 5.41) is 0. The maximum atomic E-state index is 12.9. The van der Waals surface area contributed by atoms with Crippen LogP contribution in [0, 0.1) is 0 Å². The van der Waals surface area contributed by atoms with Gasteiger partial charge in [0.1, 0.15) is 11.7 Å². The number of benzene rings is 1. The molecule has 2 heterocycles. The van der Waals surface area contributed by atoms with Gasteiger partial charge in [0.05, 0.1) is 13.2 Å². The van der Waals surface area contributed by atoms with Crippen LogP contribution >= 0.6 is 0 Å². The Hall–Kier alpha value is -1.63. The first kappa shape index (κ1) is 21.1. The molecule has 1 aromatic rings. The Morgan fingerprint density at radius 2 is 2.00 bits per heavy atom. The van der Waals surface area contributed by atoms with Gasteiger partial charge in [-0.1, -0.05) is 30.3 Å². The van der Waals surface area contributed by atoms with E-state index in [1.54, 1.807) is 0 Å². The lowest BCUT2D eigenvalue weighted by Gasteiger charge is -2.33. The van der Waals surface area contributed by atoms with Crippen molar-refractivity contribution in [3.8, 4) is 0 Å². The van der Waals surface area contributed by atoms with Gasteiger partial charge in [0.15, 0.2) is 5.79 Å². The normalized spacial score (nSPS) is 25.0. The van der Waals surface area contributed by atoms with Gasteiger partial charge in [0.25, 0.3) is 0 Å². The number of hydrogen-bond donors (Lipinski definition) is 0. The summed E-state index contributed by atoms with van der Waals surface area (Å²) < 4.78 is 17.3. The van der Waals surface area contributed by atoms with Crippen LogP contribution in [0.25, 0.3) is 0 Å². The molecule has 2 fully saturated rings. The Morgan fingerprint density at radius 3 is 2.61 bits per heavy atom. The van der Waals surface area contributed by atoms with Crippen molar-refractivity contribution in [2.24, 2.45) is 0 Å². The van der Waals surface area contributed by atoms with E-state index in [1.165, 1.54) is 5.56 Å². The number of nitrogens with zero attached hydrogens (tertiary/aromatic N) is 2. The maximum absolute atomic E-state index is 12.9. The Kier molecular flexibility index (Phi) is 6.32. The fourth-order valence-electron chi connectivity index (χ4n) is 3.82. The van der Waals surface area contributed by atoms with Crippen molar-refractivity contribution >= 4 is 6.09 Å². The van der Waals surface area contributed by atoms with Gasteiger partial charge in [-0.2, -0.15) is 0 Å². The summed E-state index contributed by atoms with van der Waals surface area (Å²) in [7, 11) is 0. The Balaban J connectivity index is 1.65. The van der Waals surface area contributed by atoms with Crippen LogP contribution < -0.4 is 0 Å². The molecule has 1 aromatic carbocycles. The third-order valence-electron chi connectivity index (χ3n) is 5.03. The minimum atomic E-state index is -0.598. The van der Waals surface area contributed by atoms with Crippen LogP contribution in [-0.4, -0.2) is 65.7 Å². The van der Waals surface area contributed by atoms with Crippen LogP contribution in [0.1, 0.15) is 46.6 Å². The summed E-state index contributed by atoms with van der Waals surface area (Å²) in [6.07, 6.45) is 0.529. The van der Waals surface area contributed by atoms with E-state index in [4.69, 9.17) is 14.2 Å². The van der Waals surface area contributed by atoms with E-state index >= 15 is 0 Å². The zero-order valence-electron chi connectivity index (χ0n) is 17.8. The molecule has 6 nitrogen and oxygen atoms in total. The van der Waals surface area contributed by atoms with Crippen LogP contribution in [0.3, 0.4) is 0 Å². The fraction of sp³-hybridized carbons (Fsp3) is 0.682. The highest BCUT2D eigenvalue weighted by Crippen LogP contribution is 2.26. The van der Waals surface area contributed by atoms with E-state index in [-0.39, 0.29) is 18.2 Å². The number of hydrogen-bond acceptors (Lipinski definition) is 5. The second-order valence-corrected chi connectivity index (χ2v) is 9.25. The summed E-state index contributed by atoms with van der Waals surface area (Å²) in [6.45, 7) is 13.2. The Bertz CT molecular complexity index is 656. The average Bonchev–Trinajstić information content (AvgIpc) is 3.18. The van der Waals surface area contributed by atoms with Crippen molar-refractivity contribution in [2.45, 2.75) is 71.1 Å². The van der Waals surface area contributed by atoms with Crippen molar-refractivity contribution in [1.82, 2.24) is 9.80 Å². The van der Waals surface area contributed by atoms with E-state index in [9.17, 15) is 4.79 Å². The van der Waals surface area contributed by atoms with E-state index in [0.29, 0.717) is 13.2 Å². The lowest BCUT2D eigenvalue weighted by atomic mass is 10.2. The number of rotatable bonds is 5. The summed E-state index contributed by atoms with van der Waals surface area (Å²) >= 11 is 0. The predicted octanol–water partition coefficient (Wildman–Crippen LogP) is 3.65. The van der Waals surface area contributed by atoms with Gasteiger partial charge in [0.2, 0.25) is 0 Å². The number of carbonyl (C=O) groups excluding carboxylic acids is 1. The van der Waals surface area contributed by atoms with Gasteiger partial charge < -0.3 is 19.1 Å². The summed E-state index contributed by atoms with van der Waals surface area (Å²) in [4.78, 5) is 17.2. The van der Waals surface area contributed by atoms with Gasteiger partial charge in [-0.3, -0.25) is 4.90 Å². The number of carbonyl (C=O) groups is 1. The minimum absolute atomic E-state index is 0.117. The van der Waals surface area contributed by atoms with E-state index in [2.05, 4.69) is 29.2 Å². The fourth-order valence-corrected chi connectivity index (χ4v) is 3.82. The molecule has 2 saturated heterocycles. The molecule has 0 saturated carbocycles. The molecule has 28 heavy (non-hydrogen) atoms. The molecule has 0 bridgehead atoms. The van der Waals surface area contributed by atoms with Crippen molar-refractivity contribution in [2.75, 3.05) is 26.2 Å². The first-order valence-corrected chi connectivity index (χ1v) is 10.2. The summed E-state index contributed by atoms with van der Waals surface area (Å²) in [5.41, 5.74) is 0.769. The first-order valence-electron chi connectivity index (χ1n) is 10.2. The van der Waals surface area contributed by atoms with Crippen LogP contribution in [0.4, 0.5) is 4.79 Å². The first-order chi connectivity index (χ1) is 13.1. The molecule has 2 aliphatic heterocycles. The van der Waals surface area contributed by atoms with Crippen LogP contribution in [-0.2, 0) is 20.8 Å². The van der Waals surface area contributed by atoms with Crippen molar-refractivity contribution in [1.29, 1.82) is 0 Å². The van der Waals surface area contributed by atoms with Crippen LogP contribution in [0.15, 0.2) is 30.3 Å². The smallest absolute Gasteiger partial charge is 0.410 e. The highest BCUT2D eigenvalue weighted by Gasteiger charge is 2.39. The van der Waals surface area contributed by atoms with Gasteiger partial charge in [-0.05, 0) is 46.6 Å². The quantitative estimate of drug-likeness (QED) is 0.768. The molecule has 0 radical (unpaired) electrons. The lowest BCUT2D eigenvalue weighted by Crippen LogP contribution is -2.48. The highest BCUT2D eigenvalue weighted by atomic mass is 16.7. The van der Waals surface area contributed by atoms with Crippen molar-refractivity contribution in [3.63, 3.8) is 0 Å². The van der Waals surface area contributed by atoms with Crippen LogP contribution in [0.5, 0.6) is 0 Å². The molecule has 0 spiro atoms. The zero-order chi connectivity index (χ0) is 20.4. The number of likely N-dealkylation sites (tertiary alicyclic amines) is 1. The van der Waals surface area contributed by atoms with Crippen molar-refractivity contribution < 1.29 is 19.0 Å². The molecular weight excluding hydrogens is 356 g/mol. The molecule has 156 valence electrons. The van der Waals surface area contributed by atoms with Gasteiger partial charge in [-0.25, -0.2) is 4.79 Å². The standard InChI is InChI=1S/C22H34N2O4/c1-21(2,3)28-20(25)24(15-19-16-26-22(4,5)27-19)18-11-12-23(14-18)13-17-9-7-6-8-10-17/h6-10,18-19H,11-16H2,1-5H3/t18-,19-/m0/s1. The molecular formula is C22H34N2O4. The molecule has 1 amide bonds. The van der Waals surface area contributed by atoms with Gasteiger partial charge in [0, 0.05) is 25.7 Å². The summed E-state index contributed by atoms with van der Waals surface area (Å²) in [6, 6.07) is 10.6. The molecule has 0 aliphatic carbocycles. The minimum Gasteiger partial charge on any atom is -0.444 e.